The van der Waals surface area contributed by atoms with Crippen LogP contribution in [0.1, 0.15) is 0 Å². The van der Waals surface area contributed by atoms with E-state index in [4.69, 9.17) is 16.3 Å². The van der Waals surface area contributed by atoms with Crippen molar-refractivity contribution in [2.24, 2.45) is 0 Å². The van der Waals surface area contributed by atoms with Gasteiger partial charge in [-0.2, -0.15) is 0 Å². The van der Waals surface area contributed by atoms with E-state index in [1.165, 1.54) is 23.1 Å². The predicted molar refractivity (Wildman–Crippen MR) is 94.8 cm³/mol. The third kappa shape index (κ3) is 3.93. The average molecular weight is 366 g/mol. The molecule has 0 radical (unpaired) electrons. The molecule has 0 saturated carbocycles. The molecule has 0 bridgehead atoms. The lowest BCUT2D eigenvalue weighted by Crippen LogP contribution is -2.13. The maximum Gasteiger partial charge on any atom is 0.236 e. The number of hydrogen-bond donors (Lipinski definition) is 1. The number of aromatic nitrogens is 2. The van der Waals surface area contributed by atoms with Gasteiger partial charge in [0.15, 0.2) is 5.13 Å². The Balaban J connectivity index is 1.64. The SMILES string of the molecule is COc1ccc2nc(NC(=O)CSc3ncccc3Cl)sc2c1. The lowest BCUT2D eigenvalue weighted by atomic mass is 10.3. The van der Waals surface area contributed by atoms with Gasteiger partial charge in [0.25, 0.3) is 0 Å². The number of methoxy groups -OCH3 is 1. The molecule has 3 rings (SSSR count). The van der Waals surface area contributed by atoms with E-state index in [0.717, 1.165) is 16.0 Å². The van der Waals surface area contributed by atoms with Gasteiger partial charge in [0.2, 0.25) is 5.91 Å². The van der Waals surface area contributed by atoms with Crippen LogP contribution in [-0.4, -0.2) is 28.7 Å². The Morgan fingerprint density at radius 3 is 3.09 bits per heavy atom. The molecule has 118 valence electrons. The van der Waals surface area contributed by atoms with Crippen molar-refractivity contribution in [1.82, 2.24) is 9.97 Å². The highest BCUT2D eigenvalue weighted by Gasteiger charge is 2.10. The molecule has 5 nitrogen and oxygen atoms in total. The monoisotopic (exact) mass is 365 g/mol. The van der Waals surface area contributed by atoms with E-state index in [-0.39, 0.29) is 11.7 Å². The summed E-state index contributed by atoms with van der Waals surface area (Å²) in [4.78, 5) is 20.6. The predicted octanol–water partition coefficient (Wildman–Crippen LogP) is 4.08. The van der Waals surface area contributed by atoms with Crippen molar-refractivity contribution < 1.29 is 9.53 Å². The highest BCUT2D eigenvalue weighted by molar-refractivity contribution is 8.00. The first-order chi connectivity index (χ1) is 11.2. The smallest absolute Gasteiger partial charge is 0.236 e. The number of fused-ring (bicyclic) bond motifs is 1. The zero-order valence-electron chi connectivity index (χ0n) is 12.1. The van der Waals surface area contributed by atoms with E-state index in [2.05, 4.69) is 15.3 Å². The molecule has 0 fully saturated rings. The van der Waals surface area contributed by atoms with Crippen LogP contribution in [0.3, 0.4) is 0 Å². The van der Waals surface area contributed by atoms with Crippen LogP contribution in [0.4, 0.5) is 5.13 Å². The number of ether oxygens (including phenoxy) is 1. The van der Waals surface area contributed by atoms with Crippen LogP contribution in [0, 0.1) is 0 Å². The maximum absolute atomic E-state index is 12.0. The zero-order chi connectivity index (χ0) is 16.2. The molecule has 2 aromatic heterocycles. The topological polar surface area (TPSA) is 64.1 Å². The number of benzene rings is 1. The minimum absolute atomic E-state index is 0.150. The van der Waals surface area contributed by atoms with Crippen molar-refractivity contribution in [2.45, 2.75) is 5.03 Å². The molecule has 1 N–H and O–H groups in total. The second-order valence-corrected chi connectivity index (χ2v) is 6.88. The van der Waals surface area contributed by atoms with Gasteiger partial charge in [0.1, 0.15) is 10.8 Å². The number of nitrogens with zero attached hydrogens (tertiary/aromatic N) is 2. The van der Waals surface area contributed by atoms with Crippen LogP contribution in [0.25, 0.3) is 10.2 Å². The number of thiazole rings is 1. The average Bonchev–Trinajstić information content (AvgIpc) is 2.95. The van der Waals surface area contributed by atoms with Crippen molar-refractivity contribution in [3.63, 3.8) is 0 Å². The fourth-order valence-corrected chi connectivity index (χ4v) is 3.73. The number of rotatable bonds is 5. The Bertz CT molecular complexity index is 854. The Hall–Kier alpha value is -1.83. The number of hydrogen-bond acceptors (Lipinski definition) is 6. The molecule has 0 atom stereocenters. The number of nitrogens with one attached hydrogen (secondary N) is 1. The molecular weight excluding hydrogens is 354 g/mol. The Morgan fingerprint density at radius 1 is 1.43 bits per heavy atom. The van der Waals surface area contributed by atoms with Crippen LogP contribution in [0.2, 0.25) is 5.02 Å². The Labute approximate surface area is 146 Å². The molecule has 0 aliphatic heterocycles. The van der Waals surface area contributed by atoms with Gasteiger partial charge in [-0.15, -0.1) is 0 Å². The minimum Gasteiger partial charge on any atom is -0.497 e. The number of pyridine rings is 1. The van der Waals surface area contributed by atoms with Crippen LogP contribution in [0.5, 0.6) is 5.75 Å². The molecule has 2 heterocycles. The van der Waals surface area contributed by atoms with Gasteiger partial charge in [0, 0.05) is 6.20 Å². The summed E-state index contributed by atoms with van der Waals surface area (Å²) < 4.78 is 6.14. The first-order valence-corrected chi connectivity index (χ1v) is 8.81. The number of amides is 1. The molecule has 1 amide bonds. The van der Waals surface area contributed by atoms with Gasteiger partial charge < -0.3 is 10.1 Å². The fraction of sp³-hybridized carbons (Fsp3) is 0.133. The minimum atomic E-state index is -0.150. The number of thioether (sulfide) groups is 1. The number of carbonyl (C=O) groups is 1. The van der Waals surface area contributed by atoms with E-state index in [9.17, 15) is 4.79 Å². The van der Waals surface area contributed by atoms with Crippen molar-refractivity contribution in [2.75, 3.05) is 18.2 Å². The Morgan fingerprint density at radius 2 is 2.30 bits per heavy atom. The molecular formula is C15H12ClN3O2S2. The fourth-order valence-electron chi connectivity index (χ4n) is 1.85. The van der Waals surface area contributed by atoms with Crippen LogP contribution in [0.15, 0.2) is 41.6 Å². The van der Waals surface area contributed by atoms with Gasteiger partial charge in [-0.3, -0.25) is 4.79 Å². The lowest BCUT2D eigenvalue weighted by molar-refractivity contribution is -0.113. The molecule has 0 unspecified atom stereocenters. The van der Waals surface area contributed by atoms with E-state index in [1.54, 1.807) is 25.4 Å². The summed E-state index contributed by atoms with van der Waals surface area (Å²) in [6.45, 7) is 0. The quantitative estimate of drug-likeness (QED) is 0.690. The van der Waals surface area contributed by atoms with Gasteiger partial charge in [0.05, 0.1) is 28.1 Å². The third-order valence-electron chi connectivity index (χ3n) is 2.91. The molecule has 1 aromatic carbocycles. The normalized spacial score (nSPS) is 10.7. The first kappa shape index (κ1) is 16.0. The first-order valence-electron chi connectivity index (χ1n) is 6.63. The van der Waals surface area contributed by atoms with E-state index in [0.29, 0.717) is 15.2 Å². The standard InChI is InChI=1S/C15H12ClN3O2S2/c1-21-9-4-5-11-12(7-9)23-15(18-11)19-13(20)8-22-14-10(16)3-2-6-17-14/h2-7H,8H2,1H3,(H,18,19,20). The molecule has 0 saturated heterocycles. The highest BCUT2D eigenvalue weighted by atomic mass is 35.5. The van der Waals surface area contributed by atoms with Crippen molar-refractivity contribution in [1.29, 1.82) is 0 Å². The highest BCUT2D eigenvalue weighted by Crippen LogP contribution is 2.29. The molecule has 0 aliphatic rings. The number of halogens is 1. The summed E-state index contributed by atoms with van der Waals surface area (Å²) in [7, 11) is 1.62. The molecule has 3 aromatic rings. The largest absolute Gasteiger partial charge is 0.497 e. The molecule has 0 spiro atoms. The van der Waals surface area contributed by atoms with E-state index in [1.807, 2.05) is 18.2 Å². The molecule has 8 heteroatoms. The van der Waals surface area contributed by atoms with Gasteiger partial charge in [-0.05, 0) is 30.3 Å². The van der Waals surface area contributed by atoms with Crippen LogP contribution < -0.4 is 10.1 Å². The van der Waals surface area contributed by atoms with Crippen LogP contribution in [-0.2, 0) is 4.79 Å². The van der Waals surface area contributed by atoms with Crippen molar-refractivity contribution >= 4 is 56.0 Å². The van der Waals surface area contributed by atoms with E-state index >= 15 is 0 Å². The second kappa shape index (κ2) is 7.16. The number of carbonyl (C=O) groups excluding carboxylic acids is 1. The number of anilines is 1. The third-order valence-corrected chi connectivity index (χ3v) is 5.26. The maximum atomic E-state index is 12.0. The van der Waals surface area contributed by atoms with Crippen molar-refractivity contribution in [3.05, 3.63) is 41.6 Å². The summed E-state index contributed by atoms with van der Waals surface area (Å²) in [5, 5.41) is 4.53. The van der Waals surface area contributed by atoms with Gasteiger partial charge in [-0.1, -0.05) is 34.7 Å². The van der Waals surface area contributed by atoms with Crippen LogP contribution >= 0.6 is 34.7 Å². The second-order valence-electron chi connectivity index (χ2n) is 4.48. The molecule has 0 aliphatic carbocycles. The van der Waals surface area contributed by atoms with Crippen molar-refractivity contribution in [3.8, 4) is 5.75 Å². The van der Waals surface area contributed by atoms with E-state index < -0.39 is 0 Å². The summed E-state index contributed by atoms with van der Waals surface area (Å²) in [6, 6.07) is 9.10. The van der Waals surface area contributed by atoms with Gasteiger partial charge in [-0.25, -0.2) is 9.97 Å². The summed E-state index contributed by atoms with van der Waals surface area (Å²) in [6.07, 6.45) is 1.65. The lowest BCUT2D eigenvalue weighted by Gasteiger charge is -2.02. The zero-order valence-corrected chi connectivity index (χ0v) is 14.5. The summed E-state index contributed by atoms with van der Waals surface area (Å²) in [5.74, 6) is 0.831. The summed E-state index contributed by atoms with van der Waals surface area (Å²) in [5.41, 5.74) is 0.825. The summed E-state index contributed by atoms with van der Waals surface area (Å²) >= 11 is 8.71. The van der Waals surface area contributed by atoms with Gasteiger partial charge >= 0.3 is 0 Å². The Kier molecular flexibility index (Phi) is 5.00. The molecule has 23 heavy (non-hydrogen) atoms.